The molecule has 1 heterocycles. The van der Waals surface area contributed by atoms with Crippen molar-refractivity contribution < 1.29 is 13.2 Å². The summed E-state index contributed by atoms with van der Waals surface area (Å²) in [5.41, 5.74) is 5.82. The van der Waals surface area contributed by atoms with Crippen molar-refractivity contribution in [2.45, 2.75) is 50.4 Å². The first-order valence-electron chi connectivity index (χ1n) is 6.03. The molecule has 0 amide bonds. The smallest absolute Gasteiger partial charge is 0.328 e. The highest BCUT2D eigenvalue weighted by Crippen LogP contribution is 2.36. The van der Waals surface area contributed by atoms with Gasteiger partial charge in [0.15, 0.2) is 0 Å². The Morgan fingerprint density at radius 2 is 1.62 bits per heavy atom. The van der Waals surface area contributed by atoms with Gasteiger partial charge in [0.1, 0.15) is 0 Å². The second-order valence-corrected chi connectivity index (χ2v) is 5.08. The van der Waals surface area contributed by atoms with Crippen molar-refractivity contribution in [2.24, 2.45) is 11.7 Å². The average molecular weight is 236 g/mol. The highest BCUT2D eigenvalue weighted by atomic mass is 19.4. The van der Waals surface area contributed by atoms with E-state index in [0.717, 1.165) is 19.3 Å². The molecule has 2 aliphatic rings. The minimum atomic E-state index is -4.00. The summed E-state index contributed by atoms with van der Waals surface area (Å²) >= 11 is 0. The van der Waals surface area contributed by atoms with Crippen LogP contribution < -0.4 is 5.73 Å². The Bertz CT molecular complexity index is 234. The van der Waals surface area contributed by atoms with Crippen LogP contribution in [0, 0.1) is 5.92 Å². The number of likely N-dealkylation sites (tertiary alicyclic amines) is 1. The van der Waals surface area contributed by atoms with Gasteiger partial charge in [-0.05, 0) is 45.2 Å². The molecule has 1 saturated heterocycles. The summed E-state index contributed by atoms with van der Waals surface area (Å²) in [4.78, 5) is 2.20. The van der Waals surface area contributed by atoms with Crippen LogP contribution >= 0.6 is 0 Å². The molecular weight excluding hydrogens is 217 g/mol. The third kappa shape index (κ3) is 2.69. The Morgan fingerprint density at radius 1 is 1.00 bits per heavy atom. The van der Waals surface area contributed by atoms with E-state index in [0.29, 0.717) is 19.1 Å². The second kappa shape index (κ2) is 4.53. The van der Waals surface area contributed by atoms with Gasteiger partial charge in [0.25, 0.3) is 0 Å². The SMILES string of the molecule is NC1CCC(N2CCC(C(F)(F)F)CC2)C1. The van der Waals surface area contributed by atoms with Gasteiger partial charge in [0.05, 0.1) is 5.92 Å². The highest BCUT2D eigenvalue weighted by Gasteiger charge is 2.42. The molecule has 2 rings (SSSR count). The molecule has 2 fully saturated rings. The maximum atomic E-state index is 12.5. The van der Waals surface area contributed by atoms with Gasteiger partial charge in [0.2, 0.25) is 0 Å². The summed E-state index contributed by atoms with van der Waals surface area (Å²) in [6.45, 7) is 1.17. The summed E-state index contributed by atoms with van der Waals surface area (Å²) in [5.74, 6) is -1.08. The fourth-order valence-electron chi connectivity index (χ4n) is 2.92. The molecule has 2 nitrogen and oxygen atoms in total. The second-order valence-electron chi connectivity index (χ2n) is 5.08. The number of nitrogens with two attached hydrogens (primary N) is 1. The number of rotatable bonds is 1. The number of piperidine rings is 1. The number of hydrogen-bond acceptors (Lipinski definition) is 2. The number of hydrogen-bond donors (Lipinski definition) is 1. The van der Waals surface area contributed by atoms with Crippen LogP contribution in [-0.2, 0) is 0 Å². The van der Waals surface area contributed by atoms with E-state index >= 15 is 0 Å². The molecule has 0 radical (unpaired) electrons. The maximum Gasteiger partial charge on any atom is 0.391 e. The Hall–Kier alpha value is -0.290. The van der Waals surface area contributed by atoms with Crippen molar-refractivity contribution in [3.05, 3.63) is 0 Å². The zero-order valence-electron chi connectivity index (χ0n) is 9.34. The number of alkyl halides is 3. The number of halogens is 3. The molecule has 1 aliphatic carbocycles. The summed E-state index contributed by atoms with van der Waals surface area (Å²) in [6, 6.07) is 0.689. The van der Waals surface area contributed by atoms with Crippen LogP contribution in [0.5, 0.6) is 0 Å². The summed E-state index contributed by atoms with van der Waals surface area (Å²) in [7, 11) is 0. The fraction of sp³-hybridized carbons (Fsp3) is 1.00. The van der Waals surface area contributed by atoms with Gasteiger partial charge in [-0.25, -0.2) is 0 Å². The lowest BCUT2D eigenvalue weighted by molar-refractivity contribution is -0.186. The Morgan fingerprint density at radius 3 is 2.06 bits per heavy atom. The standard InChI is InChI=1S/C11H19F3N2/c12-11(13,14)8-3-5-16(6-4-8)10-2-1-9(15)7-10/h8-10H,1-7,15H2. The maximum absolute atomic E-state index is 12.5. The molecule has 0 bridgehead atoms. The molecule has 0 spiro atoms. The molecule has 16 heavy (non-hydrogen) atoms. The topological polar surface area (TPSA) is 29.3 Å². The Labute approximate surface area is 94.0 Å². The zero-order chi connectivity index (χ0) is 11.8. The highest BCUT2D eigenvalue weighted by molar-refractivity contribution is 4.88. The van der Waals surface area contributed by atoms with Gasteiger partial charge in [-0.1, -0.05) is 0 Å². The molecule has 2 unspecified atom stereocenters. The number of nitrogens with zero attached hydrogens (tertiary/aromatic N) is 1. The third-order valence-electron chi connectivity index (χ3n) is 3.95. The van der Waals surface area contributed by atoms with Crippen LogP contribution in [0.2, 0.25) is 0 Å². The lowest BCUT2D eigenvalue weighted by Gasteiger charge is -2.36. The predicted octanol–water partition coefficient (Wildman–Crippen LogP) is 2.14. The summed E-state index contributed by atoms with van der Waals surface area (Å²) in [6.07, 6.45) is -0.457. The monoisotopic (exact) mass is 236 g/mol. The van der Waals surface area contributed by atoms with Crippen molar-refractivity contribution in [3.63, 3.8) is 0 Å². The molecule has 0 aromatic heterocycles. The molecule has 1 saturated carbocycles. The first kappa shape index (κ1) is 12.2. The first-order chi connectivity index (χ1) is 7.47. The molecular formula is C11H19F3N2. The molecule has 94 valence electrons. The van der Waals surface area contributed by atoms with Crippen LogP contribution in [0.25, 0.3) is 0 Å². The van der Waals surface area contributed by atoms with Crippen LogP contribution in [0.4, 0.5) is 13.2 Å². The van der Waals surface area contributed by atoms with E-state index in [4.69, 9.17) is 5.73 Å². The Kier molecular flexibility index (Phi) is 3.45. The Balaban J connectivity index is 1.81. The van der Waals surface area contributed by atoms with Gasteiger partial charge in [0, 0.05) is 12.1 Å². The molecule has 5 heteroatoms. The lowest BCUT2D eigenvalue weighted by atomic mass is 9.95. The fourth-order valence-corrected chi connectivity index (χ4v) is 2.92. The van der Waals surface area contributed by atoms with Crippen LogP contribution in [0.3, 0.4) is 0 Å². The van der Waals surface area contributed by atoms with Crippen molar-refractivity contribution in [1.82, 2.24) is 4.90 Å². The van der Waals surface area contributed by atoms with E-state index in [9.17, 15) is 13.2 Å². The van der Waals surface area contributed by atoms with E-state index < -0.39 is 12.1 Å². The van der Waals surface area contributed by atoms with E-state index in [1.807, 2.05) is 0 Å². The van der Waals surface area contributed by atoms with E-state index in [-0.39, 0.29) is 18.9 Å². The summed E-state index contributed by atoms with van der Waals surface area (Å²) < 4.78 is 37.4. The van der Waals surface area contributed by atoms with Crippen molar-refractivity contribution in [1.29, 1.82) is 0 Å². The van der Waals surface area contributed by atoms with Gasteiger partial charge in [-0.2, -0.15) is 13.2 Å². The largest absolute Gasteiger partial charge is 0.391 e. The normalized spacial score (nSPS) is 34.5. The van der Waals surface area contributed by atoms with Crippen LogP contribution in [-0.4, -0.2) is 36.2 Å². The van der Waals surface area contributed by atoms with Crippen molar-refractivity contribution in [3.8, 4) is 0 Å². The molecule has 2 N–H and O–H groups in total. The van der Waals surface area contributed by atoms with E-state index in [2.05, 4.69) is 4.90 Å². The molecule has 1 aliphatic heterocycles. The predicted molar refractivity (Wildman–Crippen MR) is 56.0 cm³/mol. The third-order valence-corrected chi connectivity index (χ3v) is 3.95. The molecule has 0 aromatic carbocycles. The van der Waals surface area contributed by atoms with Crippen LogP contribution in [0.15, 0.2) is 0 Å². The summed E-state index contributed by atoms with van der Waals surface area (Å²) in [5, 5.41) is 0. The average Bonchev–Trinajstić information content (AvgIpc) is 2.64. The van der Waals surface area contributed by atoms with Crippen molar-refractivity contribution in [2.75, 3.05) is 13.1 Å². The molecule has 2 atom stereocenters. The van der Waals surface area contributed by atoms with Crippen LogP contribution in [0.1, 0.15) is 32.1 Å². The first-order valence-corrected chi connectivity index (χ1v) is 6.03. The minimum Gasteiger partial charge on any atom is -0.328 e. The zero-order valence-corrected chi connectivity index (χ0v) is 9.34. The lowest BCUT2D eigenvalue weighted by Crippen LogP contribution is -2.43. The quantitative estimate of drug-likeness (QED) is 0.755. The van der Waals surface area contributed by atoms with Gasteiger partial charge in [-0.3, -0.25) is 0 Å². The molecule has 0 aromatic rings. The van der Waals surface area contributed by atoms with Gasteiger partial charge < -0.3 is 10.6 Å². The van der Waals surface area contributed by atoms with Gasteiger partial charge in [-0.15, -0.1) is 0 Å². The minimum absolute atomic E-state index is 0.255. The van der Waals surface area contributed by atoms with E-state index in [1.54, 1.807) is 0 Å². The van der Waals surface area contributed by atoms with E-state index in [1.165, 1.54) is 0 Å². The van der Waals surface area contributed by atoms with Crippen molar-refractivity contribution >= 4 is 0 Å². The van der Waals surface area contributed by atoms with Gasteiger partial charge >= 0.3 is 6.18 Å².